The van der Waals surface area contributed by atoms with Crippen LogP contribution in [0.1, 0.15) is 5.69 Å². The second-order valence-electron chi connectivity index (χ2n) is 3.99. The number of ether oxygens (including phenoxy) is 1. The normalized spacial score (nSPS) is 13.7. The summed E-state index contributed by atoms with van der Waals surface area (Å²) in [6.45, 7) is 0.0643. The van der Waals surface area contributed by atoms with Gasteiger partial charge in [0.25, 0.3) is 5.78 Å². The van der Waals surface area contributed by atoms with E-state index in [4.69, 9.17) is 4.74 Å². The standard InChI is InChI=1S/C10H12F3N5O2/c1-20-4-6(19)3-14-8-2-7(10(11,12)13)17-9-15-5-16-18(8)9/h2,5-6,14,19H,3-4H2,1H3/t6-/m0/s1. The van der Waals surface area contributed by atoms with Gasteiger partial charge in [-0.1, -0.05) is 0 Å². The highest BCUT2D eigenvalue weighted by molar-refractivity contribution is 5.45. The molecule has 0 bridgehead atoms. The van der Waals surface area contributed by atoms with E-state index in [1.807, 2.05) is 0 Å². The molecule has 0 saturated carbocycles. The first kappa shape index (κ1) is 14.5. The van der Waals surface area contributed by atoms with Crippen LogP contribution in [-0.2, 0) is 10.9 Å². The Morgan fingerprint density at radius 1 is 1.50 bits per heavy atom. The average molecular weight is 291 g/mol. The molecule has 0 unspecified atom stereocenters. The second-order valence-corrected chi connectivity index (χ2v) is 3.99. The lowest BCUT2D eigenvalue weighted by atomic mass is 10.3. The largest absolute Gasteiger partial charge is 0.433 e. The molecule has 2 aromatic rings. The Hall–Kier alpha value is -1.94. The molecule has 0 spiro atoms. The number of alkyl halides is 3. The lowest BCUT2D eigenvalue weighted by Gasteiger charge is -2.14. The third-order valence-corrected chi connectivity index (χ3v) is 2.42. The first-order valence-corrected chi connectivity index (χ1v) is 5.60. The van der Waals surface area contributed by atoms with E-state index < -0.39 is 18.0 Å². The van der Waals surface area contributed by atoms with Crippen molar-refractivity contribution in [2.24, 2.45) is 0 Å². The van der Waals surface area contributed by atoms with Gasteiger partial charge in [0.2, 0.25) is 0 Å². The molecule has 0 aliphatic heterocycles. The number of rotatable bonds is 5. The molecule has 0 amide bonds. The molecule has 110 valence electrons. The number of nitrogens with zero attached hydrogens (tertiary/aromatic N) is 4. The maximum absolute atomic E-state index is 12.7. The van der Waals surface area contributed by atoms with E-state index in [0.29, 0.717) is 0 Å². The summed E-state index contributed by atoms with van der Waals surface area (Å²) in [6, 6.07) is 0.807. The van der Waals surface area contributed by atoms with E-state index in [-0.39, 0.29) is 24.7 Å². The SMILES string of the molecule is COC[C@@H](O)CNc1cc(C(F)(F)F)nc2ncnn12. The second kappa shape index (κ2) is 5.59. The number of aliphatic hydroxyl groups excluding tert-OH is 1. The van der Waals surface area contributed by atoms with Crippen LogP contribution in [0.4, 0.5) is 19.0 Å². The maximum Gasteiger partial charge on any atom is 0.433 e. The lowest BCUT2D eigenvalue weighted by Crippen LogP contribution is -2.25. The quantitative estimate of drug-likeness (QED) is 0.837. The Morgan fingerprint density at radius 2 is 2.25 bits per heavy atom. The zero-order valence-electron chi connectivity index (χ0n) is 10.4. The fraction of sp³-hybridized carbons (Fsp3) is 0.500. The van der Waals surface area contributed by atoms with Crippen LogP contribution in [0, 0.1) is 0 Å². The Labute approximate surface area is 111 Å². The van der Waals surface area contributed by atoms with Crippen LogP contribution in [0.2, 0.25) is 0 Å². The molecule has 2 N–H and O–H groups in total. The van der Waals surface area contributed by atoms with E-state index >= 15 is 0 Å². The van der Waals surface area contributed by atoms with Crippen molar-refractivity contribution in [3.8, 4) is 0 Å². The molecule has 0 saturated heterocycles. The summed E-state index contributed by atoms with van der Waals surface area (Å²) in [5.74, 6) is -0.140. The monoisotopic (exact) mass is 291 g/mol. The molecule has 10 heteroatoms. The Bertz CT molecular complexity index is 586. The first-order chi connectivity index (χ1) is 9.41. The molecule has 0 aromatic carbocycles. The van der Waals surface area contributed by atoms with E-state index in [1.54, 1.807) is 0 Å². The minimum absolute atomic E-state index is 0.00408. The molecule has 1 atom stereocenters. The van der Waals surface area contributed by atoms with Crippen molar-refractivity contribution in [2.75, 3.05) is 25.6 Å². The highest BCUT2D eigenvalue weighted by Gasteiger charge is 2.34. The summed E-state index contributed by atoms with van der Waals surface area (Å²) in [7, 11) is 1.41. The van der Waals surface area contributed by atoms with Gasteiger partial charge in [-0.2, -0.15) is 27.8 Å². The van der Waals surface area contributed by atoms with Gasteiger partial charge in [0.15, 0.2) is 5.69 Å². The summed E-state index contributed by atoms with van der Waals surface area (Å²) >= 11 is 0. The third-order valence-electron chi connectivity index (χ3n) is 2.42. The molecular formula is C10H12F3N5O2. The van der Waals surface area contributed by atoms with Gasteiger partial charge in [-0.3, -0.25) is 0 Å². The molecule has 2 aromatic heterocycles. The summed E-state index contributed by atoms with van der Waals surface area (Å²) in [6.07, 6.45) is -4.35. The van der Waals surface area contributed by atoms with Crippen LogP contribution < -0.4 is 5.32 Å². The van der Waals surface area contributed by atoms with Crippen molar-refractivity contribution in [1.82, 2.24) is 19.6 Å². The van der Waals surface area contributed by atoms with Gasteiger partial charge in [0.05, 0.1) is 12.7 Å². The number of hydrogen-bond donors (Lipinski definition) is 2. The van der Waals surface area contributed by atoms with Gasteiger partial charge < -0.3 is 15.2 Å². The zero-order valence-corrected chi connectivity index (χ0v) is 10.4. The molecule has 2 heterocycles. The summed E-state index contributed by atoms with van der Waals surface area (Å²) in [5, 5.41) is 15.9. The first-order valence-electron chi connectivity index (χ1n) is 5.60. The maximum atomic E-state index is 12.7. The van der Waals surface area contributed by atoms with Gasteiger partial charge in [-0.05, 0) is 0 Å². The number of hydrogen-bond acceptors (Lipinski definition) is 6. The number of nitrogens with one attached hydrogen (secondary N) is 1. The van der Waals surface area contributed by atoms with Crippen molar-refractivity contribution in [2.45, 2.75) is 12.3 Å². The predicted octanol–water partition coefficient (Wildman–Crippen LogP) is 0.562. The van der Waals surface area contributed by atoms with Crippen LogP contribution >= 0.6 is 0 Å². The summed E-state index contributed by atoms with van der Waals surface area (Å²) < 4.78 is 44.0. The van der Waals surface area contributed by atoms with Crippen LogP contribution in [0.25, 0.3) is 5.78 Å². The van der Waals surface area contributed by atoms with E-state index in [0.717, 1.165) is 16.9 Å². The number of fused-ring (bicyclic) bond motifs is 1. The topological polar surface area (TPSA) is 84.6 Å². The molecule has 2 rings (SSSR count). The van der Waals surface area contributed by atoms with Gasteiger partial charge in [0, 0.05) is 19.7 Å². The van der Waals surface area contributed by atoms with Gasteiger partial charge in [-0.15, -0.1) is 0 Å². The van der Waals surface area contributed by atoms with Crippen LogP contribution in [0.3, 0.4) is 0 Å². The van der Waals surface area contributed by atoms with E-state index in [9.17, 15) is 18.3 Å². The summed E-state index contributed by atoms with van der Waals surface area (Å²) in [4.78, 5) is 7.00. The smallest absolute Gasteiger partial charge is 0.389 e. The van der Waals surface area contributed by atoms with Crippen molar-refractivity contribution in [1.29, 1.82) is 0 Å². The minimum Gasteiger partial charge on any atom is -0.389 e. The molecule has 7 nitrogen and oxygen atoms in total. The summed E-state index contributed by atoms with van der Waals surface area (Å²) in [5.41, 5.74) is -1.08. The van der Waals surface area contributed by atoms with Gasteiger partial charge in [-0.25, -0.2) is 4.98 Å². The number of aliphatic hydroxyl groups is 1. The fourth-order valence-electron chi connectivity index (χ4n) is 1.56. The average Bonchev–Trinajstić information content (AvgIpc) is 2.83. The molecule has 0 radical (unpaired) electrons. The fourth-order valence-corrected chi connectivity index (χ4v) is 1.56. The van der Waals surface area contributed by atoms with Crippen LogP contribution in [-0.4, -0.2) is 51.1 Å². The predicted molar refractivity (Wildman–Crippen MR) is 62.2 cm³/mol. The van der Waals surface area contributed by atoms with Crippen molar-refractivity contribution < 1.29 is 23.0 Å². The lowest BCUT2D eigenvalue weighted by molar-refractivity contribution is -0.141. The number of anilines is 1. The molecule has 0 aliphatic rings. The highest BCUT2D eigenvalue weighted by Crippen LogP contribution is 2.29. The Morgan fingerprint density at radius 3 is 2.90 bits per heavy atom. The number of methoxy groups -OCH3 is 1. The third kappa shape index (κ3) is 3.14. The van der Waals surface area contributed by atoms with Gasteiger partial charge in [0.1, 0.15) is 12.1 Å². The number of aromatic nitrogens is 4. The minimum atomic E-state index is -4.59. The Kier molecular flexibility index (Phi) is 4.04. The van der Waals surface area contributed by atoms with Gasteiger partial charge >= 0.3 is 6.18 Å². The van der Waals surface area contributed by atoms with Crippen LogP contribution in [0.15, 0.2) is 12.4 Å². The molecular weight excluding hydrogens is 279 g/mol. The van der Waals surface area contributed by atoms with Crippen molar-refractivity contribution >= 4 is 11.6 Å². The van der Waals surface area contributed by atoms with E-state index in [2.05, 4.69) is 20.4 Å². The van der Waals surface area contributed by atoms with Crippen LogP contribution in [0.5, 0.6) is 0 Å². The molecule has 0 aliphatic carbocycles. The molecule has 0 fully saturated rings. The zero-order chi connectivity index (χ0) is 14.8. The highest BCUT2D eigenvalue weighted by atomic mass is 19.4. The van der Waals surface area contributed by atoms with E-state index in [1.165, 1.54) is 7.11 Å². The van der Waals surface area contributed by atoms with Crippen molar-refractivity contribution in [3.05, 3.63) is 18.1 Å². The molecule has 20 heavy (non-hydrogen) atoms. The van der Waals surface area contributed by atoms with Crippen molar-refractivity contribution in [3.63, 3.8) is 0 Å². The Balaban J connectivity index is 2.28. The number of halogens is 3.